The molecule has 0 spiro atoms. The van der Waals surface area contributed by atoms with Gasteiger partial charge in [0.05, 0.1) is 13.2 Å². The number of aliphatic hydroxyl groups is 2. The zero-order chi connectivity index (χ0) is 15.4. The molecule has 0 radical (unpaired) electrons. The highest BCUT2D eigenvalue weighted by molar-refractivity contribution is 5.99. The lowest BCUT2D eigenvalue weighted by molar-refractivity contribution is 0.156. The second-order valence-electron chi connectivity index (χ2n) is 5.56. The molecule has 114 valence electrons. The van der Waals surface area contributed by atoms with Gasteiger partial charge >= 0.3 is 0 Å². The van der Waals surface area contributed by atoms with E-state index in [1.54, 1.807) is 0 Å². The molecule has 0 saturated carbocycles. The van der Waals surface area contributed by atoms with Gasteiger partial charge in [-0.2, -0.15) is 0 Å². The summed E-state index contributed by atoms with van der Waals surface area (Å²) in [7, 11) is 0. The fraction of sp³-hybridized carbons (Fsp3) is 0.263. The number of benzene rings is 3. The quantitative estimate of drug-likeness (QED) is 0.687. The van der Waals surface area contributed by atoms with Crippen LogP contribution in [0.25, 0.3) is 21.5 Å². The summed E-state index contributed by atoms with van der Waals surface area (Å²) in [5.74, 6) is 0. The maximum atomic E-state index is 9.17. The topological polar surface area (TPSA) is 43.7 Å². The maximum absolute atomic E-state index is 9.17. The molecule has 3 rings (SSSR count). The third-order valence-corrected chi connectivity index (χ3v) is 4.06. The van der Waals surface area contributed by atoms with Crippen molar-refractivity contribution in [3.05, 3.63) is 60.2 Å². The van der Waals surface area contributed by atoms with Crippen LogP contribution in [0.4, 0.5) is 0 Å². The van der Waals surface area contributed by atoms with Crippen LogP contribution in [0.2, 0.25) is 0 Å². The van der Waals surface area contributed by atoms with Crippen LogP contribution in [0.3, 0.4) is 0 Å². The van der Waals surface area contributed by atoms with Crippen LogP contribution < -0.4 is 0 Å². The third kappa shape index (κ3) is 3.12. The van der Waals surface area contributed by atoms with E-state index in [1.165, 1.54) is 27.1 Å². The van der Waals surface area contributed by atoms with Gasteiger partial charge in [-0.3, -0.25) is 4.90 Å². The Morgan fingerprint density at radius 2 is 1.36 bits per heavy atom. The van der Waals surface area contributed by atoms with Crippen LogP contribution in [0, 0.1) is 0 Å². The highest BCUT2D eigenvalue weighted by atomic mass is 16.3. The van der Waals surface area contributed by atoms with Gasteiger partial charge in [0.2, 0.25) is 0 Å². The standard InChI is InChI=1S/C19H21NO2/c21-10-8-20(9-11-22)14-18-7-3-6-17-12-15-4-1-2-5-16(15)13-19(17)18/h1-7,12-13,21-22H,8-11,14H2. The van der Waals surface area contributed by atoms with Crippen molar-refractivity contribution in [2.24, 2.45) is 0 Å². The number of nitrogens with zero attached hydrogens (tertiary/aromatic N) is 1. The molecule has 0 aliphatic heterocycles. The maximum Gasteiger partial charge on any atom is 0.0558 e. The van der Waals surface area contributed by atoms with E-state index < -0.39 is 0 Å². The van der Waals surface area contributed by atoms with Gasteiger partial charge < -0.3 is 10.2 Å². The van der Waals surface area contributed by atoms with Crippen LogP contribution in [-0.2, 0) is 6.54 Å². The summed E-state index contributed by atoms with van der Waals surface area (Å²) in [6, 6.07) is 19.2. The summed E-state index contributed by atoms with van der Waals surface area (Å²) < 4.78 is 0. The molecule has 2 N–H and O–H groups in total. The minimum atomic E-state index is 0.105. The molecule has 0 bridgehead atoms. The van der Waals surface area contributed by atoms with Crippen molar-refractivity contribution >= 4 is 21.5 Å². The fourth-order valence-electron chi connectivity index (χ4n) is 2.96. The lowest BCUT2D eigenvalue weighted by atomic mass is 9.99. The van der Waals surface area contributed by atoms with E-state index in [0.29, 0.717) is 13.1 Å². The first-order chi connectivity index (χ1) is 10.8. The molecule has 22 heavy (non-hydrogen) atoms. The Kier molecular flexibility index (Phi) is 4.68. The molecular weight excluding hydrogens is 274 g/mol. The molecule has 0 unspecified atom stereocenters. The number of rotatable bonds is 6. The molecule has 0 saturated heterocycles. The van der Waals surface area contributed by atoms with E-state index in [9.17, 15) is 10.2 Å². The van der Waals surface area contributed by atoms with Crippen molar-refractivity contribution in [3.8, 4) is 0 Å². The number of hydrogen-bond acceptors (Lipinski definition) is 3. The Morgan fingerprint density at radius 3 is 2.05 bits per heavy atom. The van der Waals surface area contributed by atoms with Gasteiger partial charge in [-0.25, -0.2) is 0 Å². The molecule has 0 aromatic heterocycles. The molecule has 3 aromatic carbocycles. The summed E-state index contributed by atoms with van der Waals surface area (Å²) in [4.78, 5) is 2.07. The Labute approximate surface area is 130 Å². The Balaban J connectivity index is 2.03. The highest BCUT2D eigenvalue weighted by Gasteiger charge is 2.08. The van der Waals surface area contributed by atoms with Gasteiger partial charge in [0, 0.05) is 19.6 Å². The second kappa shape index (κ2) is 6.88. The molecule has 0 aliphatic carbocycles. The molecule has 3 aromatic rings. The Morgan fingerprint density at radius 1 is 0.727 bits per heavy atom. The fourth-order valence-corrected chi connectivity index (χ4v) is 2.96. The van der Waals surface area contributed by atoms with Gasteiger partial charge in [-0.15, -0.1) is 0 Å². The minimum absolute atomic E-state index is 0.105. The molecule has 3 nitrogen and oxygen atoms in total. The van der Waals surface area contributed by atoms with Crippen LogP contribution in [-0.4, -0.2) is 41.4 Å². The van der Waals surface area contributed by atoms with E-state index in [0.717, 1.165) is 6.54 Å². The lowest BCUT2D eigenvalue weighted by Crippen LogP contribution is -2.29. The zero-order valence-corrected chi connectivity index (χ0v) is 12.6. The normalized spacial score (nSPS) is 11.6. The molecule has 0 heterocycles. The van der Waals surface area contributed by atoms with E-state index in [4.69, 9.17) is 0 Å². The first kappa shape index (κ1) is 15.0. The van der Waals surface area contributed by atoms with Crippen molar-refractivity contribution in [3.63, 3.8) is 0 Å². The Hall–Kier alpha value is -1.94. The monoisotopic (exact) mass is 295 g/mol. The number of hydrogen-bond donors (Lipinski definition) is 2. The van der Waals surface area contributed by atoms with Gasteiger partial charge in [-0.1, -0.05) is 42.5 Å². The summed E-state index contributed by atoms with van der Waals surface area (Å²) in [5, 5.41) is 23.3. The molecule has 0 atom stereocenters. The molecule has 0 amide bonds. The van der Waals surface area contributed by atoms with Crippen molar-refractivity contribution in [2.45, 2.75) is 6.54 Å². The summed E-state index contributed by atoms with van der Waals surface area (Å²) in [6.07, 6.45) is 0. The third-order valence-electron chi connectivity index (χ3n) is 4.06. The molecule has 0 fully saturated rings. The van der Waals surface area contributed by atoms with E-state index in [2.05, 4.69) is 59.5 Å². The van der Waals surface area contributed by atoms with E-state index in [1.807, 2.05) is 0 Å². The van der Waals surface area contributed by atoms with Crippen molar-refractivity contribution in [2.75, 3.05) is 26.3 Å². The van der Waals surface area contributed by atoms with Crippen LogP contribution in [0.15, 0.2) is 54.6 Å². The van der Waals surface area contributed by atoms with Crippen LogP contribution in [0.5, 0.6) is 0 Å². The predicted octanol–water partition coefficient (Wildman–Crippen LogP) is 2.78. The van der Waals surface area contributed by atoms with Gasteiger partial charge in [0.15, 0.2) is 0 Å². The second-order valence-corrected chi connectivity index (χ2v) is 5.56. The van der Waals surface area contributed by atoms with Gasteiger partial charge in [-0.05, 0) is 39.2 Å². The summed E-state index contributed by atoms with van der Waals surface area (Å²) >= 11 is 0. The minimum Gasteiger partial charge on any atom is -0.395 e. The number of aliphatic hydroxyl groups excluding tert-OH is 2. The molecule has 3 heteroatoms. The van der Waals surface area contributed by atoms with E-state index in [-0.39, 0.29) is 13.2 Å². The van der Waals surface area contributed by atoms with Crippen molar-refractivity contribution in [1.82, 2.24) is 4.90 Å². The Bertz CT molecular complexity index is 764. The van der Waals surface area contributed by atoms with Gasteiger partial charge in [0.1, 0.15) is 0 Å². The van der Waals surface area contributed by atoms with Crippen LogP contribution >= 0.6 is 0 Å². The highest BCUT2D eigenvalue weighted by Crippen LogP contribution is 2.26. The van der Waals surface area contributed by atoms with Crippen molar-refractivity contribution in [1.29, 1.82) is 0 Å². The molecule has 0 aliphatic rings. The lowest BCUT2D eigenvalue weighted by Gasteiger charge is -2.21. The van der Waals surface area contributed by atoms with Gasteiger partial charge in [0.25, 0.3) is 0 Å². The van der Waals surface area contributed by atoms with Crippen LogP contribution in [0.1, 0.15) is 5.56 Å². The summed E-state index contributed by atoms with van der Waals surface area (Å²) in [6.45, 7) is 2.09. The summed E-state index contributed by atoms with van der Waals surface area (Å²) in [5.41, 5.74) is 1.23. The SMILES string of the molecule is OCCN(CCO)Cc1cccc2cc3ccccc3cc12. The van der Waals surface area contributed by atoms with E-state index >= 15 is 0 Å². The largest absolute Gasteiger partial charge is 0.395 e. The predicted molar refractivity (Wildman–Crippen MR) is 90.9 cm³/mol. The number of fused-ring (bicyclic) bond motifs is 2. The average molecular weight is 295 g/mol. The van der Waals surface area contributed by atoms with Crippen molar-refractivity contribution < 1.29 is 10.2 Å². The zero-order valence-electron chi connectivity index (χ0n) is 12.6. The molecular formula is C19H21NO2. The first-order valence-corrected chi connectivity index (χ1v) is 7.66. The first-order valence-electron chi connectivity index (χ1n) is 7.66. The smallest absolute Gasteiger partial charge is 0.0558 e. The average Bonchev–Trinajstić information content (AvgIpc) is 2.54.